The summed E-state index contributed by atoms with van der Waals surface area (Å²) in [6, 6.07) is 4.74. The summed E-state index contributed by atoms with van der Waals surface area (Å²) in [6.07, 6.45) is -4.43. The number of aromatic nitrogens is 2. The lowest BCUT2D eigenvalue weighted by Gasteiger charge is -2.07. The molecule has 7 heteroatoms. The first-order valence-electron chi connectivity index (χ1n) is 6.24. The van der Waals surface area contributed by atoms with E-state index in [1.807, 2.05) is 0 Å². The number of aryl methyl sites for hydroxylation is 1. The van der Waals surface area contributed by atoms with E-state index in [1.54, 1.807) is 13.8 Å². The predicted octanol–water partition coefficient (Wildman–Crippen LogP) is 3.58. The quantitative estimate of drug-likeness (QED) is 0.881. The molecule has 21 heavy (non-hydrogen) atoms. The molecule has 0 saturated carbocycles. The highest BCUT2D eigenvalue weighted by atomic mass is 19.4. The van der Waals surface area contributed by atoms with Crippen molar-refractivity contribution in [3.8, 4) is 11.4 Å². The van der Waals surface area contributed by atoms with Gasteiger partial charge in [-0.1, -0.05) is 12.1 Å². The number of nitrogens with one attached hydrogen (secondary N) is 1. The minimum atomic E-state index is -4.43. The lowest BCUT2D eigenvalue weighted by Crippen LogP contribution is -2.06. The molecule has 0 atom stereocenters. The van der Waals surface area contributed by atoms with Crippen LogP contribution in [-0.2, 0) is 10.9 Å². The van der Waals surface area contributed by atoms with Crippen molar-refractivity contribution in [2.45, 2.75) is 20.0 Å². The van der Waals surface area contributed by atoms with E-state index >= 15 is 0 Å². The third kappa shape index (κ3) is 3.24. The van der Waals surface area contributed by atoms with Gasteiger partial charge < -0.3 is 9.72 Å². The Bertz CT molecular complexity index is 662. The number of carbonyl (C=O) groups is 1. The standard InChI is InChI=1S/C14H13F3N2O2/c1-3-21-13(20)11-8(2)18-12(19-11)9-5-4-6-10(7-9)14(15,16)17/h4-7H,3H2,1-2H3,(H,18,19). The third-order valence-corrected chi connectivity index (χ3v) is 2.82. The number of hydrogen-bond donors (Lipinski definition) is 1. The van der Waals surface area contributed by atoms with Crippen LogP contribution in [0.15, 0.2) is 24.3 Å². The number of rotatable bonds is 3. The average molecular weight is 298 g/mol. The molecule has 112 valence electrons. The summed E-state index contributed by atoms with van der Waals surface area (Å²) in [5, 5.41) is 0. The van der Waals surface area contributed by atoms with Gasteiger partial charge in [0, 0.05) is 11.3 Å². The summed E-state index contributed by atoms with van der Waals surface area (Å²) < 4.78 is 42.9. The zero-order valence-corrected chi connectivity index (χ0v) is 11.4. The fourth-order valence-corrected chi connectivity index (χ4v) is 1.84. The molecule has 0 unspecified atom stereocenters. The molecule has 0 aliphatic rings. The van der Waals surface area contributed by atoms with E-state index in [9.17, 15) is 18.0 Å². The van der Waals surface area contributed by atoms with Gasteiger partial charge in [0.25, 0.3) is 0 Å². The molecule has 1 N–H and O–H groups in total. The summed E-state index contributed by atoms with van der Waals surface area (Å²) in [4.78, 5) is 18.5. The Labute approximate surface area is 119 Å². The molecule has 0 saturated heterocycles. The van der Waals surface area contributed by atoms with Gasteiger partial charge in [0.05, 0.1) is 12.2 Å². The van der Waals surface area contributed by atoms with Crippen molar-refractivity contribution in [2.75, 3.05) is 6.61 Å². The minimum absolute atomic E-state index is 0.0734. The number of nitrogens with zero attached hydrogens (tertiary/aromatic N) is 1. The number of aromatic amines is 1. The number of halogens is 3. The molecule has 4 nitrogen and oxygen atoms in total. The number of ether oxygens (including phenoxy) is 1. The molecule has 0 fully saturated rings. The van der Waals surface area contributed by atoms with E-state index in [0.717, 1.165) is 12.1 Å². The van der Waals surface area contributed by atoms with Crippen molar-refractivity contribution in [1.29, 1.82) is 0 Å². The maximum atomic E-state index is 12.7. The Kier molecular flexibility index (Phi) is 4.02. The first kappa shape index (κ1) is 15.1. The van der Waals surface area contributed by atoms with Crippen LogP contribution in [0.1, 0.15) is 28.7 Å². The minimum Gasteiger partial charge on any atom is -0.461 e. The molecule has 0 radical (unpaired) electrons. The normalized spacial score (nSPS) is 11.5. The number of hydrogen-bond acceptors (Lipinski definition) is 3. The number of alkyl halides is 3. The summed E-state index contributed by atoms with van der Waals surface area (Å²) >= 11 is 0. The molecular weight excluding hydrogens is 285 g/mol. The second-order valence-electron chi connectivity index (χ2n) is 4.36. The highest BCUT2D eigenvalue weighted by Gasteiger charge is 2.30. The summed E-state index contributed by atoms with van der Waals surface area (Å²) in [6.45, 7) is 3.47. The molecule has 1 aromatic heterocycles. The fraction of sp³-hybridized carbons (Fsp3) is 0.286. The number of imidazole rings is 1. The van der Waals surface area contributed by atoms with Gasteiger partial charge in [-0.05, 0) is 26.0 Å². The molecule has 1 heterocycles. The highest BCUT2D eigenvalue weighted by molar-refractivity contribution is 5.89. The van der Waals surface area contributed by atoms with Crippen molar-refractivity contribution >= 4 is 5.97 Å². The van der Waals surface area contributed by atoms with Crippen LogP contribution in [0.4, 0.5) is 13.2 Å². The van der Waals surface area contributed by atoms with Gasteiger partial charge in [-0.3, -0.25) is 0 Å². The van der Waals surface area contributed by atoms with Crippen LogP contribution in [-0.4, -0.2) is 22.5 Å². The number of esters is 1. The first-order valence-corrected chi connectivity index (χ1v) is 6.24. The second kappa shape index (κ2) is 5.59. The van der Waals surface area contributed by atoms with E-state index in [4.69, 9.17) is 4.74 Å². The van der Waals surface area contributed by atoms with Gasteiger partial charge in [0.2, 0.25) is 0 Å². The molecule has 2 rings (SSSR count). The van der Waals surface area contributed by atoms with Crippen LogP contribution in [0.5, 0.6) is 0 Å². The number of carbonyl (C=O) groups excluding carboxylic acids is 1. The third-order valence-electron chi connectivity index (χ3n) is 2.82. The summed E-state index contributed by atoms with van der Waals surface area (Å²) in [5.74, 6) is -0.411. The van der Waals surface area contributed by atoms with Crippen molar-refractivity contribution < 1.29 is 22.7 Å². The van der Waals surface area contributed by atoms with Crippen LogP contribution >= 0.6 is 0 Å². The molecular formula is C14H13F3N2O2. The molecule has 0 amide bonds. The van der Waals surface area contributed by atoms with E-state index < -0.39 is 17.7 Å². The zero-order valence-electron chi connectivity index (χ0n) is 11.4. The van der Waals surface area contributed by atoms with Gasteiger partial charge in [-0.2, -0.15) is 13.2 Å². The van der Waals surface area contributed by atoms with Crippen molar-refractivity contribution in [2.24, 2.45) is 0 Å². The van der Waals surface area contributed by atoms with Crippen molar-refractivity contribution in [3.05, 3.63) is 41.2 Å². The van der Waals surface area contributed by atoms with Gasteiger partial charge in [-0.25, -0.2) is 9.78 Å². The predicted molar refractivity (Wildman–Crippen MR) is 69.7 cm³/mol. The molecule has 1 aromatic carbocycles. The van der Waals surface area contributed by atoms with Crippen LogP contribution in [0.2, 0.25) is 0 Å². The molecule has 0 spiro atoms. The molecule has 0 aliphatic carbocycles. The molecule has 0 bridgehead atoms. The monoisotopic (exact) mass is 298 g/mol. The highest BCUT2D eigenvalue weighted by Crippen LogP contribution is 2.31. The lowest BCUT2D eigenvalue weighted by molar-refractivity contribution is -0.137. The van der Waals surface area contributed by atoms with E-state index in [0.29, 0.717) is 5.69 Å². The Morgan fingerprint density at radius 1 is 1.38 bits per heavy atom. The van der Waals surface area contributed by atoms with Crippen molar-refractivity contribution in [1.82, 2.24) is 9.97 Å². The van der Waals surface area contributed by atoms with E-state index in [1.165, 1.54) is 12.1 Å². The van der Waals surface area contributed by atoms with Gasteiger partial charge in [-0.15, -0.1) is 0 Å². The number of benzene rings is 1. The largest absolute Gasteiger partial charge is 0.461 e. The van der Waals surface area contributed by atoms with Crippen LogP contribution in [0.25, 0.3) is 11.4 Å². The van der Waals surface area contributed by atoms with Crippen LogP contribution in [0.3, 0.4) is 0 Å². The summed E-state index contributed by atoms with van der Waals surface area (Å²) in [5.41, 5.74) is 0.000310. The van der Waals surface area contributed by atoms with Crippen LogP contribution < -0.4 is 0 Å². The van der Waals surface area contributed by atoms with Crippen molar-refractivity contribution in [3.63, 3.8) is 0 Å². The Balaban J connectivity index is 2.40. The van der Waals surface area contributed by atoms with Gasteiger partial charge >= 0.3 is 12.1 Å². The smallest absolute Gasteiger partial charge is 0.416 e. The van der Waals surface area contributed by atoms with Gasteiger partial charge in [0.15, 0.2) is 5.69 Å². The Morgan fingerprint density at radius 3 is 2.71 bits per heavy atom. The maximum Gasteiger partial charge on any atom is 0.416 e. The van der Waals surface area contributed by atoms with Crippen LogP contribution in [0, 0.1) is 6.92 Å². The number of H-pyrrole nitrogens is 1. The van der Waals surface area contributed by atoms with E-state index in [2.05, 4.69) is 9.97 Å². The fourth-order valence-electron chi connectivity index (χ4n) is 1.84. The Morgan fingerprint density at radius 2 is 2.10 bits per heavy atom. The average Bonchev–Trinajstić information content (AvgIpc) is 2.80. The molecule has 0 aliphatic heterocycles. The summed E-state index contributed by atoms with van der Waals surface area (Å²) in [7, 11) is 0. The zero-order chi connectivity index (χ0) is 15.6. The topological polar surface area (TPSA) is 55.0 Å². The maximum absolute atomic E-state index is 12.7. The SMILES string of the molecule is CCOC(=O)c1nc(-c2cccc(C(F)(F)F)c2)[nH]c1C. The van der Waals surface area contributed by atoms with Gasteiger partial charge in [0.1, 0.15) is 5.82 Å². The lowest BCUT2D eigenvalue weighted by atomic mass is 10.1. The van der Waals surface area contributed by atoms with E-state index in [-0.39, 0.29) is 23.7 Å². The second-order valence-corrected chi connectivity index (χ2v) is 4.36. The molecule has 2 aromatic rings. The Hall–Kier alpha value is -2.31. The first-order chi connectivity index (χ1) is 9.82.